The number of hydrogen-bond acceptors (Lipinski definition) is 9. The van der Waals surface area contributed by atoms with Gasteiger partial charge in [-0.05, 0) is 43.8 Å². The summed E-state index contributed by atoms with van der Waals surface area (Å²) in [5.74, 6) is -8.81. The van der Waals surface area contributed by atoms with Crippen molar-refractivity contribution in [2.45, 2.75) is 51.8 Å². The molecule has 4 rings (SSSR count). The zero-order valence-corrected chi connectivity index (χ0v) is 22.1. The number of aliphatic hydroxyl groups is 3. The molecular weight excluding hydrogens is 497 g/mol. The lowest BCUT2D eigenvalue weighted by Crippen LogP contribution is -2.63. The summed E-state index contributed by atoms with van der Waals surface area (Å²) < 4.78 is 15.1. The Kier molecular flexibility index (Phi) is 6.70. The molecule has 1 aromatic carbocycles. The maximum Gasteiger partial charge on any atom is 0.255 e. The SMILES string of the molecule is CN(C)[C@@H]1C(O)=C(C(N)=O)C(=O)[C@@]2(O)C(O)=C3C(=O)c4c(cc(CNCC(C)(C)C)c(F)c4O)C[C@H]3C[C@@H]12. The second-order valence-electron chi connectivity index (χ2n) is 11.9. The number of hydrogen-bond donors (Lipinski definition) is 6. The topological polar surface area (TPSA) is 173 Å². The highest BCUT2D eigenvalue weighted by Crippen LogP contribution is 2.52. The van der Waals surface area contributed by atoms with E-state index >= 15 is 4.39 Å². The van der Waals surface area contributed by atoms with Crippen LogP contribution in [-0.4, -0.2) is 75.1 Å². The number of Topliss-reactive ketones (excluding diaryl/α,β-unsaturated/α-hetero) is 2. The molecule has 0 aliphatic heterocycles. The molecule has 206 valence electrons. The second kappa shape index (κ2) is 9.18. The molecule has 1 aromatic rings. The summed E-state index contributed by atoms with van der Waals surface area (Å²) in [6.07, 6.45) is 0.0795. The number of phenolic OH excluding ortho intramolecular Hbond substituents is 1. The lowest BCUT2D eigenvalue weighted by molar-refractivity contribution is -0.148. The highest BCUT2D eigenvalue weighted by atomic mass is 19.1. The van der Waals surface area contributed by atoms with E-state index in [0.29, 0.717) is 12.1 Å². The molecule has 0 spiro atoms. The van der Waals surface area contributed by atoms with Crippen molar-refractivity contribution in [3.63, 3.8) is 0 Å². The minimum Gasteiger partial charge on any atom is -0.510 e. The van der Waals surface area contributed by atoms with Crippen LogP contribution in [0, 0.1) is 23.1 Å². The Hall–Kier alpha value is -3.28. The molecule has 0 saturated heterocycles. The number of carbonyl (C=O) groups excluding carboxylic acids is 3. The van der Waals surface area contributed by atoms with Gasteiger partial charge in [0.05, 0.1) is 11.6 Å². The van der Waals surface area contributed by atoms with E-state index < -0.39 is 69.6 Å². The van der Waals surface area contributed by atoms with Crippen LogP contribution in [0.25, 0.3) is 0 Å². The maximum atomic E-state index is 15.1. The van der Waals surface area contributed by atoms with E-state index in [-0.39, 0.29) is 41.5 Å². The lowest BCUT2D eigenvalue weighted by atomic mass is 9.58. The van der Waals surface area contributed by atoms with Gasteiger partial charge in [0.2, 0.25) is 5.78 Å². The summed E-state index contributed by atoms with van der Waals surface area (Å²) in [6, 6.07) is 0.434. The fraction of sp³-hybridized carbons (Fsp3) is 0.519. The molecule has 4 atom stereocenters. The number of benzene rings is 1. The van der Waals surface area contributed by atoms with E-state index in [4.69, 9.17) is 5.73 Å². The number of carbonyl (C=O) groups is 3. The quantitative estimate of drug-likeness (QED) is 0.307. The number of rotatable bonds is 5. The van der Waals surface area contributed by atoms with Crippen molar-refractivity contribution in [3.05, 3.63) is 51.2 Å². The van der Waals surface area contributed by atoms with Crippen LogP contribution in [0.15, 0.2) is 28.7 Å². The highest BCUT2D eigenvalue weighted by Gasteiger charge is 2.63. The van der Waals surface area contributed by atoms with Crippen molar-refractivity contribution >= 4 is 17.5 Å². The van der Waals surface area contributed by atoms with Crippen molar-refractivity contribution < 1.29 is 39.2 Å². The zero-order valence-electron chi connectivity index (χ0n) is 22.1. The molecule has 38 heavy (non-hydrogen) atoms. The number of likely N-dealkylation sites (N-methyl/N-ethyl adjacent to an activating group) is 1. The molecule has 11 heteroatoms. The molecule has 10 nitrogen and oxygen atoms in total. The van der Waals surface area contributed by atoms with Crippen LogP contribution >= 0.6 is 0 Å². The molecule has 0 radical (unpaired) electrons. The number of aromatic hydroxyl groups is 1. The van der Waals surface area contributed by atoms with Gasteiger partial charge < -0.3 is 31.5 Å². The van der Waals surface area contributed by atoms with Gasteiger partial charge in [-0.3, -0.25) is 19.3 Å². The third kappa shape index (κ3) is 4.09. The molecular formula is C27H34FN3O7. The van der Waals surface area contributed by atoms with Crippen molar-refractivity contribution in [3.8, 4) is 5.75 Å². The van der Waals surface area contributed by atoms with E-state index in [2.05, 4.69) is 5.32 Å². The summed E-state index contributed by atoms with van der Waals surface area (Å²) >= 11 is 0. The van der Waals surface area contributed by atoms with Gasteiger partial charge in [-0.25, -0.2) is 4.39 Å². The average molecular weight is 532 g/mol. The molecule has 7 N–H and O–H groups in total. The fourth-order valence-electron chi connectivity index (χ4n) is 6.04. The average Bonchev–Trinajstić information content (AvgIpc) is 2.78. The Labute approximate surface area is 219 Å². The van der Waals surface area contributed by atoms with Crippen molar-refractivity contribution in [1.82, 2.24) is 10.2 Å². The number of nitrogens with one attached hydrogen (secondary N) is 1. The Morgan fingerprint density at radius 1 is 1.24 bits per heavy atom. The first-order valence-corrected chi connectivity index (χ1v) is 12.4. The fourth-order valence-corrected chi connectivity index (χ4v) is 6.04. The molecule has 0 saturated carbocycles. The van der Waals surface area contributed by atoms with Gasteiger partial charge in [0.1, 0.15) is 17.1 Å². The Morgan fingerprint density at radius 2 is 1.87 bits per heavy atom. The Balaban J connectivity index is 1.83. The van der Waals surface area contributed by atoms with Crippen LogP contribution in [0.1, 0.15) is 48.7 Å². The monoisotopic (exact) mass is 531 g/mol. The lowest BCUT2D eigenvalue weighted by Gasteiger charge is -2.50. The molecule has 1 amide bonds. The highest BCUT2D eigenvalue weighted by molar-refractivity contribution is 6.24. The molecule has 0 heterocycles. The van der Waals surface area contributed by atoms with Gasteiger partial charge >= 0.3 is 0 Å². The number of aliphatic hydroxyl groups excluding tert-OH is 2. The normalized spacial score (nSPS) is 27.4. The van der Waals surface area contributed by atoms with Crippen LogP contribution in [0.4, 0.5) is 4.39 Å². The Bertz CT molecular complexity index is 1310. The number of primary amides is 1. The molecule has 3 aliphatic rings. The smallest absolute Gasteiger partial charge is 0.255 e. The second-order valence-corrected chi connectivity index (χ2v) is 11.9. The summed E-state index contributed by atoms with van der Waals surface area (Å²) in [4.78, 5) is 40.3. The first-order chi connectivity index (χ1) is 17.5. The standard InChI is InChI=1S/C27H34FN3O7/c1-26(2,3)10-30-9-13-7-11-6-12-8-14-19(31(4)5)22(34)17(25(29)37)24(36)27(14,38)23(35)16(12)20(32)15(11)21(33)18(13)28/h7,12,14,19,30,33-35,38H,6,8-10H2,1-5H3,(H2,29,37)/t12-,14-,19-,27-/m0/s1. The van der Waals surface area contributed by atoms with Gasteiger partial charge in [0.15, 0.2) is 23.0 Å². The third-order valence-corrected chi connectivity index (χ3v) is 7.70. The van der Waals surface area contributed by atoms with E-state index in [1.54, 1.807) is 14.1 Å². The van der Waals surface area contributed by atoms with E-state index in [9.17, 15) is 34.8 Å². The van der Waals surface area contributed by atoms with Gasteiger partial charge in [0, 0.05) is 30.1 Å². The number of halogens is 1. The van der Waals surface area contributed by atoms with Gasteiger partial charge in [0.25, 0.3) is 5.91 Å². The maximum absolute atomic E-state index is 15.1. The van der Waals surface area contributed by atoms with Crippen LogP contribution in [-0.2, 0) is 22.6 Å². The molecule has 0 aromatic heterocycles. The van der Waals surface area contributed by atoms with Crippen LogP contribution in [0.3, 0.4) is 0 Å². The van der Waals surface area contributed by atoms with Crippen molar-refractivity contribution in [2.24, 2.45) is 23.0 Å². The summed E-state index contributed by atoms with van der Waals surface area (Å²) in [5.41, 5.74) is 1.53. The Morgan fingerprint density at radius 3 is 2.42 bits per heavy atom. The van der Waals surface area contributed by atoms with Gasteiger partial charge in [-0.1, -0.05) is 26.8 Å². The number of fused-ring (bicyclic) bond motifs is 3. The largest absolute Gasteiger partial charge is 0.510 e. The first kappa shape index (κ1) is 27.7. The third-order valence-electron chi connectivity index (χ3n) is 7.70. The first-order valence-electron chi connectivity index (χ1n) is 12.4. The number of amides is 1. The van der Waals surface area contributed by atoms with Crippen LogP contribution in [0.2, 0.25) is 0 Å². The predicted molar refractivity (Wildman–Crippen MR) is 135 cm³/mol. The van der Waals surface area contributed by atoms with Crippen molar-refractivity contribution in [2.75, 3.05) is 20.6 Å². The molecule has 0 bridgehead atoms. The van der Waals surface area contributed by atoms with E-state index in [1.807, 2.05) is 20.8 Å². The van der Waals surface area contributed by atoms with Gasteiger partial charge in [-0.2, -0.15) is 0 Å². The number of ketones is 2. The summed E-state index contributed by atoms with van der Waals surface area (Å²) in [7, 11) is 3.12. The molecule has 0 fully saturated rings. The van der Waals surface area contributed by atoms with Gasteiger partial charge in [-0.15, -0.1) is 0 Å². The van der Waals surface area contributed by atoms with Crippen molar-refractivity contribution in [1.29, 1.82) is 0 Å². The number of nitrogens with two attached hydrogens (primary N) is 1. The molecule has 3 aliphatic carbocycles. The minimum atomic E-state index is -2.73. The summed E-state index contributed by atoms with van der Waals surface area (Å²) in [6.45, 7) is 6.74. The number of nitrogens with zero attached hydrogens (tertiary/aromatic N) is 1. The summed E-state index contributed by atoms with van der Waals surface area (Å²) in [5, 5.41) is 47.4. The number of allylic oxidation sites excluding steroid dienone is 1. The van der Waals surface area contributed by atoms with E-state index in [0.717, 1.165) is 0 Å². The predicted octanol–water partition coefficient (Wildman–Crippen LogP) is 1.40. The van der Waals surface area contributed by atoms with E-state index in [1.165, 1.54) is 11.0 Å². The minimum absolute atomic E-state index is 0.0263. The number of phenols is 1. The zero-order chi connectivity index (χ0) is 28.5. The molecule has 0 unspecified atom stereocenters. The van der Waals surface area contributed by atoms with Crippen LogP contribution < -0.4 is 11.1 Å². The van der Waals surface area contributed by atoms with Crippen LogP contribution in [0.5, 0.6) is 5.75 Å².